The van der Waals surface area contributed by atoms with Crippen molar-refractivity contribution >= 4 is 5.97 Å². The third-order valence-electron chi connectivity index (χ3n) is 2.20. The minimum Gasteiger partial charge on any atom is -0.482 e. The molecule has 0 saturated carbocycles. The molecule has 18 heavy (non-hydrogen) atoms. The van der Waals surface area contributed by atoms with Crippen LogP contribution >= 0.6 is 0 Å². The Kier molecular flexibility index (Phi) is 3.90. The standard InChI is InChI=1S/C12H13N3O3/c1-2-17-12(16)7-18-11-5-3-4-10(6-11)15-8-13-14-9-15/h3-6,8-9H,2,7H2,1H3. The summed E-state index contributed by atoms with van der Waals surface area (Å²) in [5.74, 6) is 0.210. The van der Waals surface area contributed by atoms with Crippen LogP contribution in [0.2, 0.25) is 0 Å². The lowest BCUT2D eigenvalue weighted by atomic mass is 10.3. The summed E-state index contributed by atoms with van der Waals surface area (Å²) < 4.78 is 11.9. The predicted octanol–water partition coefficient (Wildman–Crippen LogP) is 1.21. The molecule has 0 aliphatic carbocycles. The molecule has 1 aromatic heterocycles. The van der Waals surface area contributed by atoms with Crippen LogP contribution in [0.5, 0.6) is 5.75 Å². The minimum atomic E-state index is -0.382. The minimum absolute atomic E-state index is 0.0977. The first-order valence-corrected chi connectivity index (χ1v) is 5.53. The van der Waals surface area contributed by atoms with Crippen molar-refractivity contribution in [3.05, 3.63) is 36.9 Å². The molecule has 6 nitrogen and oxygen atoms in total. The summed E-state index contributed by atoms with van der Waals surface area (Å²) in [5.41, 5.74) is 0.862. The van der Waals surface area contributed by atoms with Gasteiger partial charge < -0.3 is 9.47 Å². The monoisotopic (exact) mass is 247 g/mol. The fraction of sp³-hybridized carbons (Fsp3) is 0.250. The quantitative estimate of drug-likeness (QED) is 0.743. The van der Waals surface area contributed by atoms with Gasteiger partial charge in [0.25, 0.3) is 0 Å². The molecular weight excluding hydrogens is 234 g/mol. The molecule has 1 aromatic carbocycles. The van der Waals surface area contributed by atoms with Crippen LogP contribution in [0, 0.1) is 0 Å². The number of benzene rings is 1. The highest BCUT2D eigenvalue weighted by molar-refractivity contribution is 5.71. The number of esters is 1. The van der Waals surface area contributed by atoms with Gasteiger partial charge in [0.1, 0.15) is 18.4 Å². The van der Waals surface area contributed by atoms with Crippen LogP contribution in [0.4, 0.5) is 0 Å². The first-order chi connectivity index (χ1) is 8.79. The number of aromatic nitrogens is 3. The summed E-state index contributed by atoms with van der Waals surface area (Å²) in [6.45, 7) is 2.01. The van der Waals surface area contributed by atoms with Crippen molar-refractivity contribution < 1.29 is 14.3 Å². The smallest absolute Gasteiger partial charge is 0.344 e. The van der Waals surface area contributed by atoms with Gasteiger partial charge in [-0.1, -0.05) is 6.07 Å². The van der Waals surface area contributed by atoms with Crippen molar-refractivity contribution in [1.82, 2.24) is 14.8 Å². The van der Waals surface area contributed by atoms with Gasteiger partial charge in [0.15, 0.2) is 6.61 Å². The second-order valence-corrected chi connectivity index (χ2v) is 3.46. The number of hydrogen-bond acceptors (Lipinski definition) is 5. The Morgan fingerprint density at radius 3 is 2.83 bits per heavy atom. The second-order valence-electron chi connectivity index (χ2n) is 3.46. The lowest BCUT2D eigenvalue weighted by Crippen LogP contribution is -2.14. The fourth-order valence-electron chi connectivity index (χ4n) is 1.41. The molecule has 0 radical (unpaired) electrons. The maximum absolute atomic E-state index is 11.2. The van der Waals surface area contributed by atoms with Crippen molar-refractivity contribution in [2.24, 2.45) is 0 Å². The van der Waals surface area contributed by atoms with Crippen LogP contribution in [0.15, 0.2) is 36.9 Å². The van der Waals surface area contributed by atoms with E-state index in [1.54, 1.807) is 36.3 Å². The van der Waals surface area contributed by atoms with Gasteiger partial charge in [-0.2, -0.15) is 0 Å². The number of carbonyl (C=O) groups is 1. The molecule has 0 saturated heterocycles. The maximum atomic E-state index is 11.2. The van der Waals surface area contributed by atoms with Crippen molar-refractivity contribution in [1.29, 1.82) is 0 Å². The number of hydrogen-bond donors (Lipinski definition) is 0. The molecular formula is C12H13N3O3. The van der Waals surface area contributed by atoms with E-state index in [4.69, 9.17) is 9.47 Å². The van der Waals surface area contributed by atoms with Gasteiger partial charge in [0.2, 0.25) is 0 Å². The summed E-state index contributed by atoms with van der Waals surface area (Å²) >= 11 is 0. The Balaban J connectivity index is 2.02. The van der Waals surface area contributed by atoms with Crippen molar-refractivity contribution in [2.45, 2.75) is 6.92 Å². The van der Waals surface area contributed by atoms with Gasteiger partial charge in [-0.3, -0.25) is 4.57 Å². The van der Waals surface area contributed by atoms with Crippen LogP contribution in [0.25, 0.3) is 5.69 Å². The lowest BCUT2D eigenvalue weighted by Gasteiger charge is -2.07. The number of ether oxygens (including phenoxy) is 2. The largest absolute Gasteiger partial charge is 0.482 e. The van der Waals surface area contributed by atoms with E-state index in [1.165, 1.54) is 0 Å². The molecule has 0 unspecified atom stereocenters. The molecule has 0 N–H and O–H groups in total. The number of carbonyl (C=O) groups excluding carboxylic acids is 1. The van der Waals surface area contributed by atoms with Gasteiger partial charge in [0, 0.05) is 6.07 Å². The van der Waals surface area contributed by atoms with E-state index in [2.05, 4.69) is 10.2 Å². The normalized spacial score (nSPS) is 10.1. The topological polar surface area (TPSA) is 66.2 Å². The zero-order valence-corrected chi connectivity index (χ0v) is 9.94. The van der Waals surface area contributed by atoms with Gasteiger partial charge in [-0.25, -0.2) is 4.79 Å². The van der Waals surface area contributed by atoms with Crippen LogP contribution in [-0.4, -0.2) is 33.9 Å². The third kappa shape index (κ3) is 3.07. The summed E-state index contributed by atoms with van der Waals surface area (Å²) in [5, 5.41) is 7.45. The third-order valence-corrected chi connectivity index (χ3v) is 2.20. The van der Waals surface area contributed by atoms with Gasteiger partial charge >= 0.3 is 5.97 Å². The molecule has 0 atom stereocenters. The molecule has 0 spiro atoms. The van der Waals surface area contributed by atoms with Crippen molar-refractivity contribution in [3.8, 4) is 11.4 Å². The summed E-state index contributed by atoms with van der Waals surface area (Å²) in [6.07, 6.45) is 3.18. The zero-order valence-electron chi connectivity index (χ0n) is 9.94. The fourth-order valence-corrected chi connectivity index (χ4v) is 1.41. The highest BCUT2D eigenvalue weighted by Crippen LogP contribution is 2.16. The van der Waals surface area contributed by atoms with Crippen molar-refractivity contribution in [2.75, 3.05) is 13.2 Å². The highest BCUT2D eigenvalue weighted by atomic mass is 16.6. The first-order valence-electron chi connectivity index (χ1n) is 5.53. The average Bonchev–Trinajstić information content (AvgIpc) is 2.91. The molecule has 0 amide bonds. The van der Waals surface area contributed by atoms with Crippen molar-refractivity contribution in [3.63, 3.8) is 0 Å². The summed E-state index contributed by atoms with van der Waals surface area (Å²) in [6, 6.07) is 7.28. The van der Waals surface area contributed by atoms with E-state index in [0.29, 0.717) is 12.4 Å². The average molecular weight is 247 g/mol. The summed E-state index contributed by atoms with van der Waals surface area (Å²) in [4.78, 5) is 11.2. The van der Waals surface area contributed by atoms with Crippen LogP contribution in [0.3, 0.4) is 0 Å². The highest BCUT2D eigenvalue weighted by Gasteiger charge is 2.04. The van der Waals surface area contributed by atoms with Crippen LogP contribution in [0.1, 0.15) is 6.92 Å². The first kappa shape index (κ1) is 12.1. The molecule has 0 fully saturated rings. The van der Waals surface area contributed by atoms with E-state index >= 15 is 0 Å². The van der Waals surface area contributed by atoms with E-state index in [1.807, 2.05) is 12.1 Å². The van der Waals surface area contributed by atoms with Gasteiger partial charge in [0.05, 0.1) is 12.3 Å². The molecule has 2 rings (SSSR count). The molecule has 94 valence electrons. The predicted molar refractivity (Wildman–Crippen MR) is 63.5 cm³/mol. The second kappa shape index (κ2) is 5.81. The van der Waals surface area contributed by atoms with Crippen LogP contribution in [-0.2, 0) is 9.53 Å². The Bertz CT molecular complexity index is 511. The SMILES string of the molecule is CCOC(=O)COc1cccc(-n2cnnc2)c1. The molecule has 0 aliphatic heterocycles. The van der Waals surface area contributed by atoms with Gasteiger partial charge in [-0.15, -0.1) is 10.2 Å². The van der Waals surface area contributed by atoms with E-state index in [9.17, 15) is 4.79 Å². The summed E-state index contributed by atoms with van der Waals surface area (Å²) in [7, 11) is 0. The molecule has 6 heteroatoms. The van der Waals surface area contributed by atoms with E-state index < -0.39 is 0 Å². The Labute approximate surface area is 104 Å². The van der Waals surface area contributed by atoms with Gasteiger partial charge in [-0.05, 0) is 19.1 Å². The number of rotatable bonds is 5. The molecule has 0 aliphatic rings. The van der Waals surface area contributed by atoms with E-state index in [0.717, 1.165) is 5.69 Å². The Hall–Kier alpha value is -2.37. The molecule has 1 heterocycles. The van der Waals surface area contributed by atoms with E-state index in [-0.39, 0.29) is 12.6 Å². The maximum Gasteiger partial charge on any atom is 0.344 e. The zero-order chi connectivity index (χ0) is 12.8. The lowest BCUT2D eigenvalue weighted by molar-refractivity contribution is -0.145. The molecule has 0 bridgehead atoms. The van der Waals surface area contributed by atoms with Crippen LogP contribution < -0.4 is 4.74 Å². The molecule has 2 aromatic rings. The Morgan fingerprint density at radius 1 is 1.33 bits per heavy atom. The Morgan fingerprint density at radius 2 is 2.11 bits per heavy atom. The number of nitrogens with zero attached hydrogens (tertiary/aromatic N) is 3.